The van der Waals surface area contributed by atoms with E-state index in [1.54, 1.807) is 6.07 Å². The van der Waals surface area contributed by atoms with E-state index < -0.39 is 0 Å². The van der Waals surface area contributed by atoms with E-state index in [0.717, 1.165) is 17.9 Å². The second-order valence-electron chi connectivity index (χ2n) is 7.02. The van der Waals surface area contributed by atoms with Gasteiger partial charge in [-0.1, -0.05) is 30.3 Å². The molecule has 2 N–H and O–H groups in total. The predicted octanol–water partition coefficient (Wildman–Crippen LogP) is 2.79. The molecule has 1 unspecified atom stereocenters. The lowest BCUT2D eigenvalue weighted by atomic mass is 9.93. The van der Waals surface area contributed by atoms with Crippen molar-refractivity contribution in [3.8, 4) is 11.5 Å². The summed E-state index contributed by atoms with van der Waals surface area (Å²) in [5, 5.41) is 13.1. The molecular weight excluding hydrogens is 342 g/mol. The van der Waals surface area contributed by atoms with Crippen molar-refractivity contribution in [2.24, 2.45) is 0 Å². The third-order valence-electron chi connectivity index (χ3n) is 5.37. The van der Waals surface area contributed by atoms with Gasteiger partial charge in [0.05, 0.1) is 12.3 Å². The van der Waals surface area contributed by atoms with Crippen LogP contribution in [-0.2, 0) is 0 Å². The molecule has 1 atom stereocenters. The number of ether oxygens (including phenoxy) is 1. The highest BCUT2D eigenvalue weighted by atomic mass is 16.5. The molecule has 0 saturated carbocycles. The average molecular weight is 367 g/mol. The first-order valence-corrected chi connectivity index (χ1v) is 9.50. The van der Waals surface area contributed by atoms with E-state index in [9.17, 15) is 9.90 Å². The first-order chi connectivity index (χ1) is 13.2. The molecule has 142 valence electrons. The smallest absolute Gasteiger partial charge is 0.317 e. The summed E-state index contributed by atoms with van der Waals surface area (Å²) in [4.78, 5) is 16.5. The van der Waals surface area contributed by atoms with Gasteiger partial charge < -0.3 is 25.0 Å². The van der Waals surface area contributed by atoms with Crippen LogP contribution in [0.3, 0.4) is 0 Å². The minimum Gasteiger partial charge on any atom is -0.506 e. The van der Waals surface area contributed by atoms with Gasteiger partial charge in [0, 0.05) is 38.6 Å². The molecule has 2 heterocycles. The van der Waals surface area contributed by atoms with Crippen molar-refractivity contribution in [2.75, 3.05) is 44.2 Å². The van der Waals surface area contributed by atoms with Crippen molar-refractivity contribution in [3.63, 3.8) is 0 Å². The first kappa shape index (κ1) is 17.5. The molecule has 27 heavy (non-hydrogen) atoms. The minimum atomic E-state index is -0.0177. The summed E-state index contributed by atoms with van der Waals surface area (Å²) in [5.41, 5.74) is 2.00. The first-order valence-electron chi connectivity index (χ1n) is 9.50. The lowest BCUT2D eigenvalue weighted by molar-refractivity contribution is 0.191. The zero-order chi connectivity index (χ0) is 18.6. The molecule has 2 aliphatic rings. The Morgan fingerprint density at radius 1 is 1.07 bits per heavy atom. The standard InChI is InChI=1S/C21H25N3O3/c25-19-7-3-2-6-18(19)23-10-12-24(13-11-23)21(26)22-15-16-9-14-27-20-8-4-1-5-17(16)20/h1-8,16,25H,9-15H2,(H,22,26). The van der Waals surface area contributed by atoms with E-state index in [1.165, 1.54) is 5.56 Å². The highest BCUT2D eigenvalue weighted by molar-refractivity contribution is 5.74. The Bertz CT molecular complexity index is 803. The van der Waals surface area contributed by atoms with Crippen molar-refractivity contribution in [1.82, 2.24) is 10.2 Å². The number of phenols is 1. The topological polar surface area (TPSA) is 65.0 Å². The minimum absolute atomic E-state index is 0.0177. The number of rotatable bonds is 3. The molecule has 0 aliphatic carbocycles. The number of nitrogens with zero attached hydrogens (tertiary/aromatic N) is 2. The molecule has 0 aromatic heterocycles. The molecule has 2 amide bonds. The van der Waals surface area contributed by atoms with Gasteiger partial charge in [0.1, 0.15) is 11.5 Å². The number of piperazine rings is 1. The van der Waals surface area contributed by atoms with E-state index in [1.807, 2.05) is 41.3 Å². The lowest BCUT2D eigenvalue weighted by Gasteiger charge is -2.36. The summed E-state index contributed by atoms with van der Waals surface area (Å²) in [7, 11) is 0. The third kappa shape index (κ3) is 3.79. The van der Waals surface area contributed by atoms with Gasteiger partial charge in [-0.05, 0) is 30.2 Å². The monoisotopic (exact) mass is 367 g/mol. The van der Waals surface area contributed by atoms with Crippen molar-refractivity contribution in [1.29, 1.82) is 0 Å². The SMILES string of the molecule is O=C(NCC1CCOc2ccccc21)N1CCN(c2ccccc2O)CC1. The van der Waals surface area contributed by atoms with Crippen molar-refractivity contribution in [2.45, 2.75) is 12.3 Å². The number of carbonyl (C=O) groups is 1. The molecular formula is C21H25N3O3. The molecule has 1 saturated heterocycles. The number of urea groups is 1. The van der Waals surface area contributed by atoms with Gasteiger partial charge in [0.25, 0.3) is 0 Å². The molecule has 0 spiro atoms. The van der Waals surface area contributed by atoms with Crippen LogP contribution in [-0.4, -0.2) is 55.4 Å². The Balaban J connectivity index is 1.30. The number of amides is 2. The normalized spacial score (nSPS) is 19.2. The van der Waals surface area contributed by atoms with Crippen LogP contribution in [0.5, 0.6) is 11.5 Å². The number of anilines is 1. The largest absolute Gasteiger partial charge is 0.506 e. The Kier molecular flexibility index (Phi) is 5.05. The number of benzene rings is 2. The fourth-order valence-corrected chi connectivity index (χ4v) is 3.83. The average Bonchev–Trinajstić information content (AvgIpc) is 2.72. The summed E-state index contributed by atoms with van der Waals surface area (Å²) < 4.78 is 5.69. The van der Waals surface area contributed by atoms with E-state index in [4.69, 9.17) is 4.74 Å². The fourth-order valence-electron chi connectivity index (χ4n) is 3.83. The summed E-state index contributed by atoms with van der Waals surface area (Å²) in [6.07, 6.45) is 0.915. The molecule has 1 fully saturated rings. The molecule has 2 aliphatic heterocycles. The van der Waals surface area contributed by atoms with Crippen LogP contribution in [0.25, 0.3) is 0 Å². The van der Waals surface area contributed by atoms with Crippen LogP contribution in [0.1, 0.15) is 17.9 Å². The highest BCUT2D eigenvalue weighted by Gasteiger charge is 2.25. The number of nitrogens with one attached hydrogen (secondary N) is 1. The maximum absolute atomic E-state index is 12.6. The predicted molar refractivity (Wildman–Crippen MR) is 105 cm³/mol. The Morgan fingerprint density at radius 2 is 1.81 bits per heavy atom. The Morgan fingerprint density at radius 3 is 2.63 bits per heavy atom. The van der Waals surface area contributed by atoms with Crippen LogP contribution >= 0.6 is 0 Å². The number of aromatic hydroxyl groups is 1. The van der Waals surface area contributed by atoms with Crippen molar-refractivity contribution < 1.29 is 14.6 Å². The van der Waals surface area contributed by atoms with Gasteiger partial charge in [0.15, 0.2) is 0 Å². The number of para-hydroxylation sites is 3. The fraction of sp³-hybridized carbons (Fsp3) is 0.381. The lowest BCUT2D eigenvalue weighted by Crippen LogP contribution is -2.52. The van der Waals surface area contributed by atoms with Crippen molar-refractivity contribution in [3.05, 3.63) is 54.1 Å². The van der Waals surface area contributed by atoms with Crippen LogP contribution < -0.4 is 15.0 Å². The van der Waals surface area contributed by atoms with Gasteiger partial charge >= 0.3 is 6.03 Å². The van der Waals surface area contributed by atoms with Gasteiger partial charge in [0.2, 0.25) is 0 Å². The zero-order valence-electron chi connectivity index (χ0n) is 15.3. The maximum Gasteiger partial charge on any atom is 0.317 e. The maximum atomic E-state index is 12.6. The Labute approximate surface area is 159 Å². The summed E-state index contributed by atoms with van der Waals surface area (Å²) in [6, 6.07) is 15.4. The van der Waals surface area contributed by atoms with Gasteiger partial charge in [-0.2, -0.15) is 0 Å². The van der Waals surface area contributed by atoms with E-state index in [0.29, 0.717) is 45.2 Å². The number of hydrogen-bond donors (Lipinski definition) is 2. The number of phenolic OH excluding ortho intramolecular Hbond substituents is 1. The molecule has 2 aromatic rings. The molecule has 4 rings (SSSR count). The number of carbonyl (C=O) groups excluding carboxylic acids is 1. The van der Waals surface area contributed by atoms with E-state index in [2.05, 4.69) is 16.3 Å². The summed E-state index contributed by atoms with van der Waals surface area (Å²) in [6.45, 7) is 4.03. The number of hydrogen-bond acceptors (Lipinski definition) is 4. The van der Waals surface area contributed by atoms with Gasteiger partial charge in [-0.3, -0.25) is 0 Å². The molecule has 0 radical (unpaired) electrons. The second kappa shape index (κ2) is 7.78. The molecule has 6 nitrogen and oxygen atoms in total. The van der Waals surface area contributed by atoms with E-state index in [-0.39, 0.29) is 11.8 Å². The zero-order valence-corrected chi connectivity index (χ0v) is 15.3. The highest BCUT2D eigenvalue weighted by Crippen LogP contribution is 2.32. The van der Waals surface area contributed by atoms with Crippen LogP contribution in [0.2, 0.25) is 0 Å². The summed E-state index contributed by atoms with van der Waals surface area (Å²) in [5.74, 6) is 1.51. The molecule has 0 bridgehead atoms. The second-order valence-corrected chi connectivity index (χ2v) is 7.02. The van der Waals surface area contributed by atoms with Crippen LogP contribution in [0.15, 0.2) is 48.5 Å². The Hall–Kier alpha value is -2.89. The molecule has 6 heteroatoms. The summed E-state index contributed by atoms with van der Waals surface area (Å²) >= 11 is 0. The quantitative estimate of drug-likeness (QED) is 0.876. The molecule has 2 aromatic carbocycles. The van der Waals surface area contributed by atoms with Gasteiger partial charge in [-0.15, -0.1) is 0 Å². The third-order valence-corrected chi connectivity index (χ3v) is 5.37. The number of fused-ring (bicyclic) bond motifs is 1. The van der Waals surface area contributed by atoms with Crippen LogP contribution in [0.4, 0.5) is 10.5 Å². The van der Waals surface area contributed by atoms with Gasteiger partial charge in [-0.25, -0.2) is 4.79 Å². The van der Waals surface area contributed by atoms with Crippen LogP contribution in [0, 0.1) is 0 Å². The van der Waals surface area contributed by atoms with E-state index >= 15 is 0 Å². The van der Waals surface area contributed by atoms with Crippen molar-refractivity contribution >= 4 is 11.7 Å².